The van der Waals surface area contributed by atoms with Gasteiger partial charge in [0.2, 0.25) is 5.91 Å². The lowest BCUT2D eigenvalue weighted by Gasteiger charge is -2.08. The third kappa shape index (κ3) is 6.42. The second kappa shape index (κ2) is 9.33. The maximum absolute atomic E-state index is 11.9. The topological polar surface area (TPSA) is 73.2 Å². The van der Waals surface area contributed by atoms with Crippen LogP contribution in [-0.2, 0) is 27.3 Å². The van der Waals surface area contributed by atoms with Crippen LogP contribution in [-0.4, -0.2) is 35.3 Å². The first-order valence-corrected chi connectivity index (χ1v) is 8.21. The summed E-state index contributed by atoms with van der Waals surface area (Å²) in [6.07, 6.45) is 2.06. The minimum Gasteiger partial charge on any atom is -0.469 e. The minimum atomic E-state index is -0.247. The van der Waals surface area contributed by atoms with E-state index >= 15 is 0 Å². The van der Waals surface area contributed by atoms with E-state index in [0.717, 1.165) is 23.5 Å². The molecule has 0 aliphatic heterocycles. The lowest BCUT2D eigenvalue weighted by molar-refractivity contribution is -0.140. The summed E-state index contributed by atoms with van der Waals surface area (Å²) in [5.74, 6) is 0.298. The van der Waals surface area contributed by atoms with E-state index in [-0.39, 0.29) is 11.9 Å². The van der Waals surface area contributed by atoms with Crippen LogP contribution in [0.5, 0.6) is 0 Å². The normalized spacial score (nSPS) is 10.9. The zero-order valence-corrected chi connectivity index (χ0v) is 14.9. The van der Waals surface area contributed by atoms with E-state index in [4.69, 9.17) is 0 Å². The largest absolute Gasteiger partial charge is 0.469 e. The van der Waals surface area contributed by atoms with Crippen LogP contribution in [0.15, 0.2) is 0 Å². The molecule has 0 spiro atoms. The number of carbonyl (C=O) groups excluding carboxylic acids is 2. The number of hydrogen-bond acceptors (Lipinski definition) is 4. The summed E-state index contributed by atoms with van der Waals surface area (Å²) in [7, 11) is 1.37. The molecule has 0 saturated heterocycles. The molecule has 1 aromatic rings. The summed E-state index contributed by atoms with van der Waals surface area (Å²) in [6, 6.07) is 0. The molecule has 1 amide bonds. The number of aryl methyl sites for hydroxylation is 1. The van der Waals surface area contributed by atoms with Gasteiger partial charge >= 0.3 is 5.97 Å². The van der Waals surface area contributed by atoms with Gasteiger partial charge in [0.25, 0.3) is 0 Å². The molecule has 0 unspecified atom stereocenters. The van der Waals surface area contributed by atoms with Crippen LogP contribution in [0.4, 0.5) is 0 Å². The first-order chi connectivity index (χ1) is 10.8. The molecule has 0 radical (unpaired) electrons. The van der Waals surface area contributed by atoms with Gasteiger partial charge in [-0.2, -0.15) is 5.10 Å². The van der Waals surface area contributed by atoms with E-state index in [9.17, 15) is 9.59 Å². The van der Waals surface area contributed by atoms with E-state index in [2.05, 4.69) is 35.9 Å². The highest BCUT2D eigenvalue weighted by Crippen LogP contribution is 2.16. The molecule has 0 atom stereocenters. The highest BCUT2D eigenvalue weighted by molar-refractivity contribution is 5.76. The molecular formula is C17H29N3O3. The molecule has 0 aliphatic rings. The van der Waals surface area contributed by atoms with Crippen LogP contribution < -0.4 is 5.32 Å². The number of hydrogen-bond donors (Lipinski definition) is 1. The van der Waals surface area contributed by atoms with Gasteiger partial charge in [-0.05, 0) is 38.2 Å². The van der Waals surface area contributed by atoms with Gasteiger partial charge in [-0.15, -0.1) is 0 Å². The fourth-order valence-electron chi connectivity index (χ4n) is 2.51. The number of nitrogens with zero attached hydrogens (tertiary/aromatic N) is 2. The lowest BCUT2D eigenvalue weighted by Crippen LogP contribution is -2.25. The number of ether oxygens (including phenoxy) is 1. The van der Waals surface area contributed by atoms with Crippen molar-refractivity contribution >= 4 is 11.9 Å². The van der Waals surface area contributed by atoms with Crippen molar-refractivity contribution in [3.8, 4) is 0 Å². The first-order valence-electron chi connectivity index (χ1n) is 8.21. The second-order valence-electron chi connectivity index (χ2n) is 6.25. The Balaban J connectivity index is 2.41. The minimum absolute atomic E-state index is 0.00488. The Morgan fingerprint density at radius 1 is 1.26 bits per heavy atom. The second-order valence-corrected chi connectivity index (χ2v) is 6.25. The molecule has 0 aromatic carbocycles. The van der Waals surface area contributed by atoms with Gasteiger partial charge < -0.3 is 10.1 Å². The van der Waals surface area contributed by atoms with E-state index in [1.807, 2.05) is 11.6 Å². The zero-order chi connectivity index (χ0) is 17.4. The van der Waals surface area contributed by atoms with Crippen molar-refractivity contribution in [2.24, 2.45) is 5.92 Å². The molecule has 1 aromatic heterocycles. The monoisotopic (exact) mass is 323 g/mol. The third-order valence-electron chi connectivity index (χ3n) is 3.78. The van der Waals surface area contributed by atoms with Crippen molar-refractivity contribution in [3.63, 3.8) is 0 Å². The summed E-state index contributed by atoms with van der Waals surface area (Å²) in [5.41, 5.74) is 3.31. The first kappa shape index (κ1) is 19.2. The molecule has 0 saturated carbocycles. The maximum Gasteiger partial charge on any atom is 0.305 e. The molecular weight excluding hydrogens is 294 g/mol. The van der Waals surface area contributed by atoms with Crippen molar-refractivity contribution in [1.82, 2.24) is 15.1 Å². The fourth-order valence-corrected chi connectivity index (χ4v) is 2.51. The molecule has 0 aliphatic carbocycles. The van der Waals surface area contributed by atoms with Gasteiger partial charge in [0.1, 0.15) is 0 Å². The van der Waals surface area contributed by atoms with Gasteiger partial charge in [0, 0.05) is 31.6 Å². The standard InChI is InChI=1S/C17H29N3O3/c1-12(2)11-20-14(4)15(13(3)19-20)8-9-16(21)18-10-6-7-17(22)23-5/h12H,6-11H2,1-5H3,(H,18,21). The molecule has 6 nitrogen and oxygen atoms in total. The highest BCUT2D eigenvalue weighted by Gasteiger charge is 2.13. The molecule has 0 bridgehead atoms. The lowest BCUT2D eigenvalue weighted by atomic mass is 10.1. The van der Waals surface area contributed by atoms with Gasteiger partial charge in [-0.1, -0.05) is 13.8 Å². The third-order valence-corrected chi connectivity index (χ3v) is 3.78. The van der Waals surface area contributed by atoms with Gasteiger partial charge in [0.15, 0.2) is 0 Å². The van der Waals surface area contributed by atoms with E-state index in [1.165, 1.54) is 7.11 Å². The fraction of sp³-hybridized carbons (Fsp3) is 0.706. The van der Waals surface area contributed by atoms with Crippen LogP contribution in [0, 0.1) is 19.8 Å². The number of rotatable bonds is 9. The Hall–Kier alpha value is -1.85. The maximum atomic E-state index is 11.9. The van der Waals surface area contributed by atoms with E-state index in [0.29, 0.717) is 38.1 Å². The Morgan fingerprint density at radius 3 is 2.57 bits per heavy atom. The van der Waals surface area contributed by atoms with Crippen LogP contribution in [0.3, 0.4) is 0 Å². The van der Waals surface area contributed by atoms with Crippen molar-refractivity contribution in [2.45, 2.75) is 59.9 Å². The van der Waals surface area contributed by atoms with Crippen LogP contribution in [0.1, 0.15) is 50.1 Å². The highest BCUT2D eigenvalue weighted by atomic mass is 16.5. The SMILES string of the molecule is COC(=O)CCCNC(=O)CCc1c(C)nn(CC(C)C)c1C. The zero-order valence-electron chi connectivity index (χ0n) is 14.9. The molecule has 1 rings (SSSR count). The molecule has 23 heavy (non-hydrogen) atoms. The predicted octanol–water partition coefficient (Wildman–Crippen LogP) is 2.16. The number of aromatic nitrogens is 2. The quantitative estimate of drug-likeness (QED) is 0.558. The number of carbonyl (C=O) groups is 2. The molecule has 1 N–H and O–H groups in total. The van der Waals surface area contributed by atoms with Crippen LogP contribution >= 0.6 is 0 Å². The summed E-state index contributed by atoms with van der Waals surface area (Å²) < 4.78 is 6.59. The number of nitrogens with one attached hydrogen (secondary N) is 1. The van der Waals surface area contributed by atoms with Crippen LogP contribution in [0.2, 0.25) is 0 Å². The van der Waals surface area contributed by atoms with E-state index < -0.39 is 0 Å². The van der Waals surface area contributed by atoms with Crippen molar-refractivity contribution in [3.05, 3.63) is 17.0 Å². The van der Waals surface area contributed by atoms with Crippen molar-refractivity contribution < 1.29 is 14.3 Å². The van der Waals surface area contributed by atoms with Crippen molar-refractivity contribution in [2.75, 3.05) is 13.7 Å². The number of methoxy groups -OCH3 is 1. The van der Waals surface area contributed by atoms with Crippen molar-refractivity contribution in [1.29, 1.82) is 0 Å². The van der Waals surface area contributed by atoms with Gasteiger partial charge in [0.05, 0.1) is 12.8 Å². The summed E-state index contributed by atoms with van der Waals surface area (Å²) in [4.78, 5) is 22.9. The molecule has 130 valence electrons. The Labute approximate surface area is 138 Å². The smallest absolute Gasteiger partial charge is 0.305 e. The summed E-state index contributed by atoms with van der Waals surface area (Å²) >= 11 is 0. The Bertz CT molecular complexity index is 535. The Morgan fingerprint density at radius 2 is 1.96 bits per heavy atom. The average Bonchev–Trinajstić information content (AvgIpc) is 2.75. The summed E-state index contributed by atoms with van der Waals surface area (Å²) in [5, 5.41) is 7.40. The predicted molar refractivity (Wildman–Crippen MR) is 89.1 cm³/mol. The number of amides is 1. The number of esters is 1. The average molecular weight is 323 g/mol. The van der Waals surface area contributed by atoms with Gasteiger partial charge in [-0.25, -0.2) is 0 Å². The van der Waals surface area contributed by atoms with Gasteiger partial charge in [-0.3, -0.25) is 14.3 Å². The Kier molecular flexibility index (Phi) is 7.78. The molecule has 6 heteroatoms. The molecule has 1 heterocycles. The summed E-state index contributed by atoms with van der Waals surface area (Å²) in [6.45, 7) is 9.78. The molecule has 0 fully saturated rings. The van der Waals surface area contributed by atoms with E-state index in [1.54, 1.807) is 0 Å². The van der Waals surface area contributed by atoms with Crippen LogP contribution in [0.25, 0.3) is 0 Å².